The molecular formula is C28H28ClF4N5O3S. The summed E-state index contributed by atoms with van der Waals surface area (Å²) in [4.78, 5) is 33.5. The van der Waals surface area contributed by atoms with E-state index in [4.69, 9.17) is 16.3 Å². The van der Waals surface area contributed by atoms with E-state index in [0.717, 1.165) is 30.0 Å². The zero-order chi connectivity index (χ0) is 30.2. The van der Waals surface area contributed by atoms with Gasteiger partial charge in [0.2, 0.25) is 5.91 Å². The maximum atomic E-state index is 14.8. The summed E-state index contributed by atoms with van der Waals surface area (Å²) in [5, 5.41) is 2.81. The molecule has 1 saturated heterocycles. The van der Waals surface area contributed by atoms with Gasteiger partial charge in [-0.15, -0.1) is 11.8 Å². The van der Waals surface area contributed by atoms with Crippen LogP contribution in [0.1, 0.15) is 5.56 Å². The molecule has 8 nitrogen and oxygen atoms in total. The quantitative estimate of drug-likeness (QED) is 0.237. The molecule has 0 saturated carbocycles. The number of carbonyl (C=O) groups excluding carboxylic acids is 1. The summed E-state index contributed by atoms with van der Waals surface area (Å²) in [6.45, 7) is 5.58. The highest BCUT2D eigenvalue weighted by molar-refractivity contribution is 7.99. The number of amides is 1. The van der Waals surface area contributed by atoms with Crippen LogP contribution in [-0.4, -0.2) is 78.6 Å². The van der Waals surface area contributed by atoms with Gasteiger partial charge in [0, 0.05) is 54.3 Å². The largest absolute Gasteiger partial charge is 0.417 e. The van der Waals surface area contributed by atoms with E-state index in [2.05, 4.69) is 16.9 Å². The smallest absolute Gasteiger partial charge is 0.374 e. The molecule has 224 valence electrons. The SMILES string of the molecule is C=CC(=O)N1CCN(c2nc(=O)n3c4c(c(-c5ccc(F)c(Cl)c5)c(C(F)(F)F)cc24)SCC(OCCNC)C3)CC1. The molecule has 1 fully saturated rings. The third kappa shape index (κ3) is 5.87. The lowest BCUT2D eigenvalue weighted by Gasteiger charge is -2.35. The number of hydrogen-bond donors (Lipinski definition) is 1. The molecule has 1 unspecified atom stereocenters. The number of nitrogens with zero attached hydrogens (tertiary/aromatic N) is 4. The fraction of sp³-hybridized carbons (Fsp3) is 0.393. The Morgan fingerprint density at radius 2 is 2.00 bits per heavy atom. The van der Waals surface area contributed by atoms with Crippen LogP contribution in [-0.2, 0) is 22.3 Å². The van der Waals surface area contributed by atoms with Crippen LogP contribution in [0.15, 0.2) is 46.6 Å². The summed E-state index contributed by atoms with van der Waals surface area (Å²) < 4.78 is 65.8. The molecule has 1 atom stereocenters. The highest BCUT2D eigenvalue weighted by Gasteiger charge is 2.39. The van der Waals surface area contributed by atoms with Gasteiger partial charge in [0.15, 0.2) is 0 Å². The van der Waals surface area contributed by atoms with Gasteiger partial charge in [-0.25, -0.2) is 9.18 Å². The molecule has 2 aliphatic heterocycles. The van der Waals surface area contributed by atoms with E-state index in [-0.39, 0.29) is 63.5 Å². The van der Waals surface area contributed by atoms with Crippen molar-refractivity contribution in [1.82, 2.24) is 19.8 Å². The standard InChI is InChI=1S/C28H28ClF4N5O3S/c1-3-22(39)36-7-9-37(10-8-36)26-18-13-19(28(31,32)33)23(16-4-5-21(30)20(29)12-16)25-24(18)38(27(40)35-26)14-17(15-42-25)41-11-6-34-2/h3-5,12-13,17,34H,1,6-11,14-15H2,2H3. The predicted molar refractivity (Wildman–Crippen MR) is 155 cm³/mol. The minimum atomic E-state index is -4.80. The van der Waals surface area contributed by atoms with E-state index in [1.807, 2.05) is 0 Å². The average Bonchev–Trinajstić information content (AvgIpc) is 3.16. The summed E-state index contributed by atoms with van der Waals surface area (Å²) in [7, 11) is 1.77. The maximum absolute atomic E-state index is 14.8. The first kappa shape index (κ1) is 30.3. The van der Waals surface area contributed by atoms with Gasteiger partial charge in [-0.3, -0.25) is 9.36 Å². The lowest BCUT2D eigenvalue weighted by Crippen LogP contribution is -2.49. The molecule has 2 aliphatic rings. The summed E-state index contributed by atoms with van der Waals surface area (Å²) in [6.07, 6.45) is -4.09. The fourth-order valence-corrected chi connectivity index (χ4v) is 6.70. The van der Waals surface area contributed by atoms with Gasteiger partial charge in [0.1, 0.15) is 11.6 Å². The lowest BCUT2D eigenvalue weighted by atomic mass is 9.96. The highest BCUT2D eigenvalue weighted by Crippen LogP contribution is 2.48. The van der Waals surface area contributed by atoms with Crippen molar-refractivity contribution in [2.75, 3.05) is 57.0 Å². The van der Waals surface area contributed by atoms with Crippen molar-refractivity contribution in [2.24, 2.45) is 0 Å². The van der Waals surface area contributed by atoms with E-state index >= 15 is 0 Å². The van der Waals surface area contributed by atoms with E-state index < -0.39 is 29.4 Å². The molecule has 0 radical (unpaired) electrons. The molecule has 1 N–H and O–H groups in total. The Labute approximate surface area is 248 Å². The molecule has 2 aromatic carbocycles. The van der Waals surface area contributed by atoms with Crippen molar-refractivity contribution < 1.29 is 27.1 Å². The number of likely N-dealkylation sites (N-methyl/N-ethyl adjacent to an activating group) is 1. The molecule has 3 aromatic rings. The number of ether oxygens (including phenoxy) is 1. The van der Waals surface area contributed by atoms with Crippen LogP contribution in [0.3, 0.4) is 0 Å². The van der Waals surface area contributed by atoms with Gasteiger partial charge in [-0.2, -0.15) is 18.2 Å². The monoisotopic (exact) mass is 625 g/mol. The zero-order valence-electron chi connectivity index (χ0n) is 22.6. The van der Waals surface area contributed by atoms with E-state index in [1.54, 1.807) is 16.8 Å². The van der Waals surface area contributed by atoms with Crippen LogP contribution in [0.4, 0.5) is 23.4 Å². The molecule has 14 heteroatoms. The zero-order valence-corrected chi connectivity index (χ0v) is 24.2. The topological polar surface area (TPSA) is 79.7 Å². The van der Waals surface area contributed by atoms with Crippen LogP contribution in [0.2, 0.25) is 5.02 Å². The summed E-state index contributed by atoms with van der Waals surface area (Å²) >= 11 is 7.17. The third-order valence-corrected chi connectivity index (χ3v) is 8.80. The van der Waals surface area contributed by atoms with Crippen LogP contribution in [0, 0.1) is 5.82 Å². The average molecular weight is 626 g/mol. The number of halogens is 5. The number of aromatic nitrogens is 2. The Bertz CT molecular complexity index is 1590. The number of piperazine rings is 1. The Hall–Kier alpha value is -3.13. The summed E-state index contributed by atoms with van der Waals surface area (Å²) in [6, 6.07) is 4.44. The Kier molecular flexibility index (Phi) is 8.83. The number of nitrogens with one attached hydrogen (secondary N) is 1. The van der Waals surface area contributed by atoms with Crippen molar-refractivity contribution in [3.05, 3.63) is 63.8 Å². The van der Waals surface area contributed by atoms with E-state index in [9.17, 15) is 27.2 Å². The van der Waals surface area contributed by atoms with Gasteiger partial charge in [-0.1, -0.05) is 24.2 Å². The Morgan fingerprint density at radius 3 is 2.64 bits per heavy atom. The van der Waals surface area contributed by atoms with Gasteiger partial charge < -0.3 is 19.9 Å². The van der Waals surface area contributed by atoms with Gasteiger partial charge in [0.05, 0.1) is 35.4 Å². The van der Waals surface area contributed by atoms with Crippen molar-refractivity contribution >= 4 is 46.0 Å². The molecule has 42 heavy (non-hydrogen) atoms. The molecule has 3 heterocycles. The van der Waals surface area contributed by atoms with Crippen LogP contribution >= 0.6 is 23.4 Å². The second-order valence-corrected chi connectivity index (χ2v) is 11.3. The summed E-state index contributed by atoms with van der Waals surface area (Å²) in [5.74, 6) is -0.633. The fourth-order valence-electron chi connectivity index (χ4n) is 5.23. The van der Waals surface area contributed by atoms with Gasteiger partial charge in [0.25, 0.3) is 0 Å². The number of thioether (sulfide) groups is 1. The molecular weight excluding hydrogens is 598 g/mol. The number of carbonyl (C=O) groups is 1. The number of alkyl halides is 3. The molecule has 0 spiro atoms. The predicted octanol–water partition coefficient (Wildman–Crippen LogP) is 4.42. The molecule has 0 aliphatic carbocycles. The third-order valence-electron chi connectivity index (χ3n) is 7.28. The minimum absolute atomic E-state index is 0.0709. The lowest BCUT2D eigenvalue weighted by molar-refractivity contribution is -0.137. The number of rotatable bonds is 7. The van der Waals surface area contributed by atoms with E-state index in [1.165, 1.54) is 16.7 Å². The van der Waals surface area contributed by atoms with Gasteiger partial charge >= 0.3 is 11.9 Å². The Balaban J connectivity index is 1.75. The van der Waals surface area contributed by atoms with Crippen LogP contribution < -0.4 is 15.9 Å². The summed E-state index contributed by atoms with van der Waals surface area (Å²) in [5.41, 5.74) is -1.41. The first-order valence-electron chi connectivity index (χ1n) is 13.2. The van der Waals surface area contributed by atoms with Crippen LogP contribution in [0.25, 0.3) is 22.0 Å². The highest BCUT2D eigenvalue weighted by atomic mass is 35.5. The molecule has 1 aromatic heterocycles. The first-order chi connectivity index (χ1) is 20.0. The molecule has 5 rings (SSSR count). The van der Waals surface area contributed by atoms with E-state index in [0.29, 0.717) is 31.8 Å². The second kappa shape index (κ2) is 12.2. The molecule has 1 amide bonds. The second-order valence-electron chi connectivity index (χ2n) is 9.90. The minimum Gasteiger partial charge on any atom is -0.374 e. The van der Waals surface area contributed by atoms with Crippen LogP contribution in [0.5, 0.6) is 0 Å². The van der Waals surface area contributed by atoms with Crippen molar-refractivity contribution in [2.45, 2.75) is 23.7 Å². The number of anilines is 1. The normalized spacial score (nSPS) is 17.4. The Morgan fingerprint density at radius 1 is 1.26 bits per heavy atom. The number of benzene rings is 2. The maximum Gasteiger partial charge on any atom is 0.417 e. The van der Waals surface area contributed by atoms with Crippen molar-refractivity contribution in [1.29, 1.82) is 0 Å². The van der Waals surface area contributed by atoms with Gasteiger partial charge in [-0.05, 0) is 36.9 Å². The van der Waals surface area contributed by atoms with Crippen molar-refractivity contribution in [3.63, 3.8) is 0 Å². The number of hydrogen-bond acceptors (Lipinski definition) is 7. The first-order valence-corrected chi connectivity index (χ1v) is 14.6. The molecule has 0 bridgehead atoms. The van der Waals surface area contributed by atoms with Crippen molar-refractivity contribution in [3.8, 4) is 11.1 Å².